The average molecular weight is 229 g/mol. The fraction of sp³-hybridized carbons (Fsp3) is 0.917. The maximum absolute atomic E-state index is 11.5. The standard InChI is InChI=1S/C12H27N3O/c1-5-7-11(13)12(16)14-8-6-9-15(4)10(2)3/h10-11H,5-9,13H2,1-4H3,(H,14,16)/t11-/m1/s1. The van der Waals surface area contributed by atoms with E-state index in [9.17, 15) is 4.79 Å². The van der Waals surface area contributed by atoms with E-state index in [1.54, 1.807) is 0 Å². The van der Waals surface area contributed by atoms with E-state index in [1.807, 2.05) is 6.92 Å². The third kappa shape index (κ3) is 6.80. The molecule has 1 amide bonds. The maximum Gasteiger partial charge on any atom is 0.236 e. The highest BCUT2D eigenvalue weighted by Gasteiger charge is 2.11. The molecule has 0 radical (unpaired) electrons. The normalized spacial score (nSPS) is 13.2. The van der Waals surface area contributed by atoms with Gasteiger partial charge in [0, 0.05) is 12.6 Å². The highest BCUT2D eigenvalue weighted by Crippen LogP contribution is 1.95. The first-order valence-electron chi connectivity index (χ1n) is 6.22. The molecule has 0 aromatic rings. The summed E-state index contributed by atoms with van der Waals surface area (Å²) >= 11 is 0. The van der Waals surface area contributed by atoms with Crippen LogP contribution < -0.4 is 11.1 Å². The van der Waals surface area contributed by atoms with Crippen molar-refractivity contribution >= 4 is 5.91 Å². The first-order valence-corrected chi connectivity index (χ1v) is 6.22. The minimum Gasteiger partial charge on any atom is -0.355 e. The second-order valence-corrected chi connectivity index (χ2v) is 4.61. The number of carbonyl (C=O) groups is 1. The van der Waals surface area contributed by atoms with Crippen LogP contribution >= 0.6 is 0 Å². The molecule has 16 heavy (non-hydrogen) atoms. The Morgan fingerprint density at radius 3 is 2.56 bits per heavy atom. The first kappa shape index (κ1) is 15.4. The van der Waals surface area contributed by atoms with Crippen LogP contribution in [-0.2, 0) is 4.79 Å². The lowest BCUT2D eigenvalue weighted by Gasteiger charge is -2.21. The zero-order chi connectivity index (χ0) is 12.6. The fourth-order valence-corrected chi connectivity index (χ4v) is 1.37. The number of nitrogens with two attached hydrogens (primary N) is 1. The minimum absolute atomic E-state index is 0.0194. The SMILES string of the molecule is CCC[C@@H](N)C(=O)NCCCN(C)C(C)C. The van der Waals surface area contributed by atoms with Crippen molar-refractivity contribution in [2.24, 2.45) is 5.73 Å². The molecule has 1 atom stereocenters. The van der Waals surface area contributed by atoms with Gasteiger partial charge in [-0.25, -0.2) is 0 Å². The molecule has 0 bridgehead atoms. The summed E-state index contributed by atoms with van der Waals surface area (Å²) in [5.74, 6) is -0.0194. The van der Waals surface area contributed by atoms with Crippen LogP contribution in [0.15, 0.2) is 0 Å². The first-order chi connectivity index (χ1) is 7.49. The lowest BCUT2D eigenvalue weighted by atomic mass is 10.1. The van der Waals surface area contributed by atoms with Crippen LogP contribution in [0.5, 0.6) is 0 Å². The highest BCUT2D eigenvalue weighted by molar-refractivity contribution is 5.81. The van der Waals surface area contributed by atoms with E-state index in [0.717, 1.165) is 25.8 Å². The van der Waals surface area contributed by atoms with Crippen LogP contribution in [0.25, 0.3) is 0 Å². The van der Waals surface area contributed by atoms with Crippen molar-refractivity contribution in [1.82, 2.24) is 10.2 Å². The Morgan fingerprint density at radius 2 is 2.06 bits per heavy atom. The summed E-state index contributed by atoms with van der Waals surface area (Å²) < 4.78 is 0. The van der Waals surface area contributed by atoms with Crippen molar-refractivity contribution in [2.75, 3.05) is 20.1 Å². The third-order valence-corrected chi connectivity index (χ3v) is 2.80. The molecule has 0 saturated heterocycles. The molecule has 0 aliphatic rings. The second-order valence-electron chi connectivity index (χ2n) is 4.61. The largest absolute Gasteiger partial charge is 0.355 e. The molecule has 0 aromatic carbocycles. The van der Waals surface area contributed by atoms with E-state index >= 15 is 0 Å². The van der Waals surface area contributed by atoms with Crippen LogP contribution in [0, 0.1) is 0 Å². The van der Waals surface area contributed by atoms with Crippen LogP contribution in [0.1, 0.15) is 40.0 Å². The molecular weight excluding hydrogens is 202 g/mol. The molecule has 0 fully saturated rings. The van der Waals surface area contributed by atoms with Gasteiger partial charge in [-0.15, -0.1) is 0 Å². The van der Waals surface area contributed by atoms with Crippen molar-refractivity contribution < 1.29 is 4.79 Å². The smallest absolute Gasteiger partial charge is 0.236 e. The third-order valence-electron chi connectivity index (χ3n) is 2.80. The van der Waals surface area contributed by atoms with Gasteiger partial charge in [0.15, 0.2) is 0 Å². The van der Waals surface area contributed by atoms with Gasteiger partial charge in [0.25, 0.3) is 0 Å². The topological polar surface area (TPSA) is 58.4 Å². The maximum atomic E-state index is 11.5. The van der Waals surface area contributed by atoms with Crippen molar-refractivity contribution in [1.29, 1.82) is 0 Å². The number of carbonyl (C=O) groups excluding carboxylic acids is 1. The Kier molecular flexibility index (Phi) is 8.21. The van der Waals surface area contributed by atoms with Gasteiger partial charge in [-0.1, -0.05) is 13.3 Å². The zero-order valence-corrected chi connectivity index (χ0v) is 11.1. The van der Waals surface area contributed by atoms with Crippen LogP contribution in [0.2, 0.25) is 0 Å². The molecule has 0 aliphatic carbocycles. The molecule has 0 saturated carbocycles. The van der Waals surface area contributed by atoms with E-state index in [0.29, 0.717) is 12.6 Å². The number of rotatable bonds is 8. The molecule has 0 heterocycles. The number of hydrogen-bond donors (Lipinski definition) is 2. The van der Waals surface area contributed by atoms with E-state index in [4.69, 9.17) is 5.73 Å². The Morgan fingerprint density at radius 1 is 1.44 bits per heavy atom. The van der Waals surface area contributed by atoms with Crippen molar-refractivity contribution in [3.05, 3.63) is 0 Å². The van der Waals surface area contributed by atoms with Crippen molar-refractivity contribution in [2.45, 2.75) is 52.1 Å². The Hall–Kier alpha value is -0.610. The van der Waals surface area contributed by atoms with E-state index < -0.39 is 0 Å². The van der Waals surface area contributed by atoms with Gasteiger partial charge in [0.2, 0.25) is 5.91 Å². The van der Waals surface area contributed by atoms with E-state index in [2.05, 4.69) is 31.1 Å². The lowest BCUT2D eigenvalue weighted by molar-refractivity contribution is -0.122. The van der Waals surface area contributed by atoms with Gasteiger partial charge in [-0.2, -0.15) is 0 Å². The number of nitrogens with one attached hydrogen (secondary N) is 1. The van der Waals surface area contributed by atoms with Gasteiger partial charge < -0.3 is 16.0 Å². The van der Waals surface area contributed by atoms with Crippen LogP contribution in [0.3, 0.4) is 0 Å². The number of hydrogen-bond acceptors (Lipinski definition) is 3. The predicted molar refractivity (Wildman–Crippen MR) is 68.3 cm³/mol. The summed E-state index contributed by atoms with van der Waals surface area (Å²) in [5, 5.41) is 2.87. The number of amides is 1. The van der Waals surface area contributed by atoms with Crippen LogP contribution in [0.4, 0.5) is 0 Å². The molecule has 0 aliphatic heterocycles. The quantitative estimate of drug-likeness (QED) is 0.610. The Bertz CT molecular complexity index is 195. The van der Waals surface area contributed by atoms with Crippen molar-refractivity contribution in [3.8, 4) is 0 Å². The molecular formula is C12H27N3O. The fourth-order valence-electron chi connectivity index (χ4n) is 1.37. The molecule has 96 valence electrons. The summed E-state index contributed by atoms with van der Waals surface area (Å²) in [5.41, 5.74) is 5.70. The van der Waals surface area contributed by atoms with Gasteiger partial charge in [-0.3, -0.25) is 4.79 Å². The van der Waals surface area contributed by atoms with Gasteiger partial charge in [-0.05, 0) is 40.3 Å². The summed E-state index contributed by atoms with van der Waals surface area (Å²) in [6.45, 7) is 8.07. The number of nitrogens with zero attached hydrogens (tertiary/aromatic N) is 1. The monoisotopic (exact) mass is 229 g/mol. The highest BCUT2D eigenvalue weighted by atomic mass is 16.2. The molecule has 0 aromatic heterocycles. The lowest BCUT2D eigenvalue weighted by Crippen LogP contribution is -2.41. The minimum atomic E-state index is -0.340. The molecule has 0 spiro atoms. The second kappa shape index (κ2) is 8.53. The van der Waals surface area contributed by atoms with Crippen LogP contribution in [-0.4, -0.2) is 43.0 Å². The molecule has 0 rings (SSSR count). The van der Waals surface area contributed by atoms with Gasteiger partial charge >= 0.3 is 0 Å². The Balaban J connectivity index is 3.55. The van der Waals surface area contributed by atoms with E-state index in [1.165, 1.54) is 0 Å². The molecule has 4 nitrogen and oxygen atoms in total. The van der Waals surface area contributed by atoms with Gasteiger partial charge in [0.1, 0.15) is 0 Å². The summed E-state index contributed by atoms with van der Waals surface area (Å²) in [4.78, 5) is 13.7. The van der Waals surface area contributed by atoms with E-state index in [-0.39, 0.29) is 11.9 Å². The van der Waals surface area contributed by atoms with Crippen molar-refractivity contribution in [3.63, 3.8) is 0 Å². The summed E-state index contributed by atoms with van der Waals surface area (Å²) in [7, 11) is 2.09. The summed E-state index contributed by atoms with van der Waals surface area (Å²) in [6.07, 6.45) is 2.68. The molecule has 4 heteroatoms. The molecule has 0 unspecified atom stereocenters. The Labute approximate surface area is 99.6 Å². The average Bonchev–Trinajstić information content (AvgIpc) is 2.23. The molecule has 3 N–H and O–H groups in total. The summed E-state index contributed by atoms with van der Waals surface area (Å²) in [6, 6.07) is 0.214. The van der Waals surface area contributed by atoms with Gasteiger partial charge in [0.05, 0.1) is 6.04 Å². The zero-order valence-electron chi connectivity index (χ0n) is 11.1. The predicted octanol–water partition coefficient (Wildman–Crippen LogP) is 0.960.